The Bertz CT molecular complexity index is 577. The molecule has 0 bridgehead atoms. The minimum atomic E-state index is 0.0161. The molecule has 0 radical (unpaired) electrons. The van der Waals surface area contributed by atoms with Gasteiger partial charge in [0.25, 0.3) is 0 Å². The summed E-state index contributed by atoms with van der Waals surface area (Å²) in [7, 11) is 0. The summed E-state index contributed by atoms with van der Waals surface area (Å²) in [6.07, 6.45) is 0. The van der Waals surface area contributed by atoms with Gasteiger partial charge in [0.15, 0.2) is 5.78 Å². The molecule has 0 N–H and O–H groups in total. The molecule has 18 heavy (non-hydrogen) atoms. The average Bonchev–Trinajstić information content (AvgIpc) is 2.36. The van der Waals surface area contributed by atoms with Gasteiger partial charge in [0.05, 0.1) is 5.02 Å². The summed E-state index contributed by atoms with van der Waals surface area (Å²) < 4.78 is 5.60. The molecule has 0 heterocycles. The standard InChI is InChI=1S/C14H10Cl2O2/c1-9(17)10-5-7-11(8-6-10)18-13-4-2-3-12(15)14(13)16/h2-8H,1H3. The minimum Gasteiger partial charge on any atom is -0.456 e. The van der Waals surface area contributed by atoms with Crippen LogP contribution in [0.1, 0.15) is 17.3 Å². The van der Waals surface area contributed by atoms with E-state index in [-0.39, 0.29) is 5.78 Å². The number of halogens is 2. The van der Waals surface area contributed by atoms with Gasteiger partial charge in [-0.2, -0.15) is 0 Å². The van der Waals surface area contributed by atoms with Crippen LogP contribution in [0.4, 0.5) is 0 Å². The van der Waals surface area contributed by atoms with Crippen molar-refractivity contribution in [2.75, 3.05) is 0 Å². The lowest BCUT2D eigenvalue weighted by atomic mass is 10.1. The maximum atomic E-state index is 11.1. The van der Waals surface area contributed by atoms with Crippen molar-refractivity contribution >= 4 is 29.0 Å². The Morgan fingerprint density at radius 3 is 2.33 bits per heavy atom. The predicted molar refractivity (Wildman–Crippen MR) is 73.0 cm³/mol. The van der Waals surface area contributed by atoms with Gasteiger partial charge in [-0.3, -0.25) is 4.79 Å². The molecule has 4 heteroatoms. The number of ketones is 1. The number of benzene rings is 2. The van der Waals surface area contributed by atoms with Crippen LogP contribution in [0.3, 0.4) is 0 Å². The van der Waals surface area contributed by atoms with Crippen molar-refractivity contribution in [3.8, 4) is 11.5 Å². The highest BCUT2D eigenvalue weighted by Crippen LogP contribution is 2.34. The molecule has 0 aliphatic carbocycles. The van der Waals surface area contributed by atoms with Gasteiger partial charge in [0.1, 0.15) is 16.5 Å². The average molecular weight is 281 g/mol. The van der Waals surface area contributed by atoms with Gasteiger partial charge in [-0.1, -0.05) is 29.3 Å². The van der Waals surface area contributed by atoms with E-state index in [9.17, 15) is 4.79 Å². The van der Waals surface area contributed by atoms with E-state index in [1.54, 1.807) is 42.5 Å². The number of hydrogen-bond donors (Lipinski definition) is 0. The first-order chi connectivity index (χ1) is 8.58. The van der Waals surface area contributed by atoms with E-state index in [1.807, 2.05) is 0 Å². The van der Waals surface area contributed by atoms with E-state index in [4.69, 9.17) is 27.9 Å². The second-order valence-electron chi connectivity index (χ2n) is 3.73. The van der Waals surface area contributed by atoms with Crippen molar-refractivity contribution in [2.45, 2.75) is 6.92 Å². The Morgan fingerprint density at radius 2 is 1.72 bits per heavy atom. The van der Waals surface area contributed by atoms with Crippen LogP contribution in [-0.4, -0.2) is 5.78 Å². The highest BCUT2D eigenvalue weighted by molar-refractivity contribution is 6.42. The molecular weight excluding hydrogens is 271 g/mol. The van der Waals surface area contributed by atoms with E-state index >= 15 is 0 Å². The number of rotatable bonds is 3. The Labute approximate surface area is 115 Å². The normalized spacial score (nSPS) is 10.2. The summed E-state index contributed by atoms with van der Waals surface area (Å²) in [5.74, 6) is 1.10. The molecule has 2 aromatic carbocycles. The Balaban J connectivity index is 2.24. The molecule has 0 saturated carbocycles. The van der Waals surface area contributed by atoms with Crippen LogP contribution < -0.4 is 4.74 Å². The summed E-state index contributed by atoms with van der Waals surface area (Å²) in [5, 5.41) is 0.810. The van der Waals surface area contributed by atoms with Crippen molar-refractivity contribution in [1.29, 1.82) is 0 Å². The highest BCUT2D eigenvalue weighted by atomic mass is 35.5. The third kappa shape index (κ3) is 2.84. The van der Waals surface area contributed by atoms with Crippen molar-refractivity contribution in [1.82, 2.24) is 0 Å². The summed E-state index contributed by atoms with van der Waals surface area (Å²) in [6, 6.07) is 12.0. The van der Waals surface area contributed by atoms with Crippen LogP contribution in [0.15, 0.2) is 42.5 Å². The molecule has 0 saturated heterocycles. The topological polar surface area (TPSA) is 26.3 Å². The second-order valence-corrected chi connectivity index (χ2v) is 4.52. The largest absolute Gasteiger partial charge is 0.456 e. The first-order valence-corrected chi connectivity index (χ1v) is 6.06. The van der Waals surface area contributed by atoms with E-state index in [0.29, 0.717) is 27.1 Å². The molecule has 92 valence electrons. The zero-order valence-corrected chi connectivity index (χ0v) is 11.1. The van der Waals surface area contributed by atoms with Gasteiger partial charge in [0, 0.05) is 5.56 Å². The first kappa shape index (κ1) is 12.9. The van der Waals surface area contributed by atoms with E-state index in [2.05, 4.69) is 0 Å². The van der Waals surface area contributed by atoms with Crippen molar-refractivity contribution in [3.63, 3.8) is 0 Å². The van der Waals surface area contributed by atoms with Crippen LogP contribution in [0, 0.1) is 0 Å². The fourth-order valence-corrected chi connectivity index (χ4v) is 1.78. The SMILES string of the molecule is CC(=O)c1ccc(Oc2cccc(Cl)c2Cl)cc1. The van der Waals surface area contributed by atoms with Crippen molar-refractivity contribution < 1.29 is 9.53 Å². The number of hydrogen-bond acceptors (Lipinski definition) is 2. The molecular formula is C14H10Cl2O2. The van der Waals surface area contributed by atoms with Gasteiger partial charge in [-0.05, 0) is 43.3 Å². The number of carbonyl (C=O) groups is 1. The monoisotopic (exact) mass is 280 g/mol. The molecule has 0 aliphatic rings. The van der Waals surface area contributed by atoms with Gasteiger partial charge in [-0.15, -0.1) is 0 Å². The summed E-state index contributed by atoms with van der Waals surface area (Å²) >= 11 is 11.9. The zero-order valence-electron chi connectivity index (χ0n) is 9.61. The molecule has 0 unspecified atom stereocenters. The molecule has 2 aromatic rings. The zero-order chi connectivity index (χ0) is 13.1. The Kier molecular flexibility index (Phi) is 3.90. The highest BCUT2D eigenvalue weighted by Gasteiger charge is 2.07. The van der Waals surface area contributed by atoms with Crippen LogP contribution in [-0.2, 0) is 0 Å². The van der Waals surface area contributed by atoms with Gasteiger partial charge >= 0.3 is 0 Å². The van der Waals surface area contributed by atoms with Crippen molar-refractivity contribution in [3.05, 3.63) is 58.1 Å². The van der Waals surface area contributed by atoms with E-state index in [0.717, 1.165) is 0 Å². The third-order valence-electron chi connectivity index (χ3n) is 2.40. The summed E-state index contributed by atoms with van der Waals surface area (Å²) in [6.45, 7) is 1.52. The molecule has 2 rings (SSSR count). The predicted octanol–water partition coefficient (Wildman–Crippen LogP) is 4.99. The quantitative estimate of drug-likeness (QED) is 0.741. The molecule has 0 aliphatic heterocycles. The number of Topliss-reactive ketones (excluding diaryl/α,β-unsaturated/α-hetero) is 1. The van der Waals surface area contributed by atoms with Gasteiger partial charge in [0.2, 0.25) is 0 Å². The lowest BCUT2D eigenvalue weighted by Gasteiger charge is -2.08. The van der Waals surface area contributed by atoms with E-state index in [1.165, 1.54) is 6.92 Å². The third-order valence-corrected chi connectivity index (χ3v) is 3.21. The van der Waals surface area contributed by atoms with Gasteiger partial charge in [-0.25, -0.2) is 0 Å². The Hall–Kier alpha value is -1.51. The molecule has 0 fully saturated rings. The number of carbonyl (C=O) groups excluding carboxylic acids is 1. The van der Waals surface area contributed by atoms with Crippen molar-refractivity contribution in [2.24, 2.45) is 0 Å². The smallest absolute Gasteiger partial charge is 0.159 e. The molecule has 0 aromatic heterocycles. The number of ether oxygens (including phenoxy) is 1. The molecule has 0 spiro atoms. The second kappa shape index (κ2) is 5.42. The Morgan fingerprint density at radius 1 is 1.06 bits per heavy atom. The first-order valence-electron chi connectivity index (χ1n) is 5.31. The van der Waals surface area contributed by atoms with Crippen LogP contribution in [0.25, 0.3) is 0 Å². The van der Waals surface area contributed by atoms with E-state index < -0.39 is 0 Å². The molecule has 0 atom stereocenters. The fraction of sp³-hybridized carbons (Fsp3) is 0.0714. The lowest BCUT2D eigenvalue weighted by molar-refractivity contribution is 0.101. The minimum absolute atomic E-state index is 0.0161. The summed E-state index contributed by atoms with van der Waals surface area (Å²) in [4.78, 5) is 11.1. The van der Waals surface area contributed by atoms with Crippen LogP contribution >= 0.6 is 23.2 Å². The van der Waals surface area contributed by atoms with Crippen LogP contribution in [0.2, 0.25) is 10.0 Å². The fourth-order valence-electron chi connectivity index (χ4n) is 1.45. The lowest BCUT2D eigenvalue weighted by Crippen LogP contribution is -1.91. The van der Waals surface area contributed by atoms with Gasteiger partial charge < -0.3 is 4.74 Å². The molecule has 0 amide bonds. The molecule has 2 nitrogen and oxygen atoms in total. The maximum Gasteiger partial charge on any atom is 0.159 e. The summed E-state index contributed by atoms with van der Waals surface area (Å²) in [5.41, 5.74) is 0.638. The van der Waals surface area contributed by atoms with Crippen LogP contribution in [0.5, 0.6) is 11.5 Å². The maximum absolute atomic E-state index is 11.1.